The number of alkyl carbamates (subject to hydrolysis) is 1. The number of benzene rings is 1. The summed E-state index contributed by atoms with van der Waals surface area (Å²) < 4.78 is 4.84. The average Bonchev–Trinajstić information content (AvgIpc) is 2.67. The molecule has 0 bridgehead atoms. The van der Waals surface area contributed by atoms with Gasteiger partial charge in [0.1, 0.15) is 6.61 Å². The summed E-state index contributed by atoms with van der Waals surface area (Å²) in [5.74, 6) is 1.07. The van der Waals surface area contributed by atoms with E-state index in [1.54, 1.807) is 0 Å². The van der Waals surface area contributed by atoms with Gasteiger partial charge >= 0.3 is 6.09 Å². The van der Waals surface area contributed by atoms with E-state index in [1.807, 2.05) is 23.9 Å². The van der Waals surface area contributed by atoms with Crippen LogP contribution in [-0.4, -0.2) is 18.5 Å². The molecule has 5 heteroatoms. The largest absolute Gasteiger partial charge is 0.447 e. The zero-order valence-electron chi connectivity index (χ0n) is 8.93. The number of nitrogens with one attached hydrogen (secondary N) is 1. The zero-order chi connectivity index (χ0) is 10.7. The minimum Gasteiger partial charge on any atom is -0.447 e. The molecule has 1 saturated heterocycles. The molecule has 0 saturated carbocycles. The third-order valence-electron chi connectivity index (χ3n) is 2.27. The molecule has 2 rings (SSSR count). The number of ether oxygens (including phenoxy) is 1. The molecule has 1 atom stereocenters. The molecular weight excluding hydrogens is 246 g/mol. The quantitative estimate of drug-likeness (QED) is 0.848. The fourth-order valence-corrected chi connectivity index (χ4v) is 2.19. The first kappa shape index (κ1) is 13.2. The van der Waals surface area contributed by atoms with E-state index in [4.69, 9.17) is 4.74 Å². The van der Waals surface area contributed by atoms with Crippen molar-refractivity contribution in [2.24, 2.45) is 0 Å². The van der Waals surface area contributed by atoms with Crippen LogP contribution in [0.15, 0.2) is 29.2 Å². The Hall–Kier alpha value is -0.870. The fourth-order valence-electron chi connectivity index (χ4n) is 1.53. The predicted octanol–water partition coefficient (Wildman–Crippen LogP) is 3.00. The van der Waals surface area contributed by atoms with E-state index >= 15 is 0 Å². The van der Waals surface area contributed by atoms with Crippen LogP contribution in [0, 0.1) is 0 Å². The van der Waals surface area contributed by atoms with Gasteiger partial charge in [-0.2, -0.15) is 0 Å². The van der Waals surface area contributed by atoms with Gasteiger partial charge in [-0.05, 0) is 23.4 Å². The van der Waals surface area contributed by atoms with Crippen molar-refractivity contribution >= 4 is 30.3 Å². The Morgan fingerprint density at radius 1 is 1.44 bits per heavy atom. The molecule has 3 nitrogen and oxygen atoms in total. The predicted molar refractivity (Wildman–Crippen MR) is 67.3 cm³/mol. The van der Waals surface area contributed by atoms with E-state index in [0.29, 0.717) is 6.61 Å². The van der Waals surface area contributed by atoms with Crippen molar-refractivity contribution in [3.8, 4) is 0 Å². The molecule has 1 aliphatic heterocycles. The minimum atomic E-state index is -0.327. The SMILES string of the molecule is CCSc1ccc([C@H]2COC(=O)N2)cc1.Cl. The number of cyclic esters (lactones) is 1. The lowest BCUT2D eigenvalue weighted by Gasteiger charge is -2.07. The number of carbonyl (C=O) groups excluding carboxylic acids is 1. The Labute approximate surface area is 105 Å². The van der Waals surface area contributed by atoms with Gasteiger partial charge in [0.15, 0.2) is 0 Å². The molecule has 1 amide bonds. The van der Waals surface area contributed by atoms with Crippen molar-refractivity contribution in [2.45, 2.75) is 17.9 Å². The molecule has 0 spiro atoms. The van der Waals surface area contributed by atoms with E-state index < -0.39 is 0 Å². The highest BCUT2D eigenvalue weighted by Crippen LogP contribution is 2.22. The van der Waals surface area contributed by atoms with Crippen LogP contribution in [0.5, 0.6) is 0 Å². The lowest BCUT2D eigenvalue weighted by Crippen LogP contribution is -2.18. The summed E-state index contributed by atoms with van der Waals surface area (Å²) in [5.41, 5.74) is 1.10. The van der Waals surface area contributed by atoms with Gasteiger partial charge in [-0.3, -0.25) is 0 Å². The maximum atomic E-state index is 10.9. The van der Waals surface area contributed by atoms with E-state index in [-0.39, 0.29) is 24.5 Å². The number of rotatable bonds is 3. The fraction of sp³-hybridized carbons (Fsp3) is 0.364. The molecule has 1 fully saturated rings. The van der Waals surface area contributed by atoms with Crippen LogP contribution in [0.1, 0.15) is 18.5 Å². The van der Waals surface area contributed by atoms with Gasteiger partial charge < -0.3 is 10.1 Å². The van der Waals surface area contributed by atoms with E-state index in [0.717, 1.165) is 11.3 Å². The Morgan fingerprint density at radius 3 is 2.62 bits per heavy atom. The second-order valence-electron chi connectivity index (χ2n) is 3.30. The summed E-state index contributed by atoms with van der Waals surface area (Å²) in [6.45, 7) is 2.56. The van der Waals surface area contributed by atoms with Gasteiger partial charge in [0, 0.05) is 4.90 Å². The molecular formula is C11H14ClNO2S. The monoisotopic (exact) mass is 259 g/mol. The molecule has 1 aromatic rings. The van der Waals surface area contributed by atoms with Gasteiger partial charge in [0.2, 0.25) is 0 Å². The number of hydrogen-bond acceptors (Lipinski definition) is 3. The number of carbonyl (C=O) groups is 1. The zero-order valence-corrected chi connectivity index (χ0v) is 10.6. The molecule has 0 aliphatic carbocycles. The lowest BCUT2D eigenvalue weighted by atomic mass is 10.1. The van der Waals surface area contributed by atoms with Crippen molar-refractivity contribution in [3.63, 3.8) is 0 Å². The summed E-state index contributed by atoms with van der Waals surface area (Å²) in [4.78, 5) is 12.1. The summed E-state index contributed by atoms with van der Waals surface area (Å²) in [7, 11) is 0. The third-order valence-corrected chi connectivity index (χ3v) is 3.16. The van der Waals surface area contributed by atoms with Crippen LogP contribution < -0.4 is 5.32 Å². The first-order chi connectivity index (χ1) is 7.29. The maximum Gasteiger partial charge on any atom is 0.407 e. The number of amides is 1. The van der Waals surface area contributed by atoms with Crippen LogP contribution in [-0.2, 0) is 4.74 Å². The number of halogens is 1. The Bertz CT molecular complexity index is 356. The molecule has 0 unspecified atom stereocenters. The maximum absolute atomic E-state index is 10.9. The highest BCUT2D eigenvalue weighted by Gasteiger charge is 2.23. The highest BCUT2D eigenvalue weighted by atomic mass is 35.5. The van der Waals surface area contributed by atoms with Crippen molar-refractivity contribution in [1.82, 2.24) is 5.32 Å². The molecule has 1 heterocycles. The molecule has 0 radical (unpaired) electrons. The van der Waals surface area contributed by atoms with E-state index in [9.17, 15) is 4.79 Å². The second kappa shape index (κ2) is 6.01. The van der Waals surface area contributed by atoms with Gasteiger partial charge in [0.05, 0.1) is 6.04 Å². The Morgan fingerprint density at radius 2 is 2.12 bits per heavy atom. The van der Waals surface area contributed by atoms with Crippen LogP contribution in [0.4, 0.5) is 4.79 Å². The lowest BCUT2D eigenvalue weighted by molar-refractivity contribution is 0.177. The molecule has 1 aromatic carbocycles. The van der Waals surface area contributed by atoms with Crippen molar-refractivity contribution in [3.05, 3.63) is 29.8 Å². The van der Waals surface area contributed by atoms with E-state index in [2.05, 4.69) is 24.4 Å². The summed E-state index contributed by atoms with van der Waals surface area (Å²) >= 11 is 1.81. The number of thioether (sulfide) groups is 1. The van der Waals surface area contributed by atoms with Crippen molar-refractivity contribution < 1.29 is 9.53 Å². The summed E-state index contributed by atoms with van der Waals surface area (Å²) in [6.07, 6.45) is -0.327. The van der Waals surface area contributed by atoms with Crippen LogP contribution in [0.3, 0.4) is 0 Å². The van der Waals surface area contributed by atoms with Gasteiger partial charge in [0.25, 0.3) is 0 Å². The smallest absolute Gasteiger partial charge is 0.407 e. The second-order valence-corrected chi connectivity index (χ2v) is 4.63. The van der Waals surface area contributed by atoms with Crippen LogP contribution >= 0.6 is 24.2 Å². The van der Waals surface area contributed by atoms with Crippen LogP contribution in [0.25, 0.3) is 0 Å². The topological polar surface area (TPSA) is 38.3 Å². The standard InChI is InChI=1S/C11H13NO2S.ClH/c1-2-15-9-5-3-8(4-6-9)10-7-14-11(13)12-10;/h3-6,10H,2,7H2,1H3,(H,12,13);1H/t10-;/m1./s1. The van der Waals surface area contributed by atoms with Gasteiger partial charge in [-0.15, -0.1) is 24.2 Å². The first-order valence-corrected chi connectivity index (χ1v) is 5.94. The average molecular weight is 260 g/mol. The molecule has 88 valence electrons. The summed E-state index contributed by atoms with van der Waals surface area (Å²) in [6, 6.07) is 8.25. The van der Waals surface area contributed by atoms with Crippen molar-refractivity contribution in [1.29, 1.82) is 0 Å². The molecule has 1 N–H and O–H groups in total. The molecule has 16 heavy (non-hydrogen) atoms. The van der Waals surface area contributed by atoms with Crippen molar-refractivity contribution in [2.75, 3.05) is 12.4 Å². The van der Waals surface area contributed by atoms with Gasteiger partial charge in [-0.25, -0.2) is 4.79 Å². The number of hydrogen-bond donors (Lipinski definition) is 1. The van der Waals surface area contributed by atoms with E-state index in [1.165, 1.54) is 4.90 Å². The minimum absolute atomic E-state index is 0. The Kier molecular flexibility index (Phi) is 4.96. The highest BCUT2D eigenvalue weighted by molar-refractivity contribution is 7.99. The normalized spacial score (nSPS) is 18.6. The van der Waals surface area contributed by atoms with Crippen LogP contribution in [0.2, 0.25) is 0 Å². The third kappa shape index (κ3) is 3.06. The molecule has 0 aromatic heterocycles. The van der Waals surface area contributed by atoms with Gasteiger partial charge in [-0.1, -0.05) is 19.1 Å². The Balaban J connectivity index is 0.00000128. The summed E-state index contributed by atoms with van der Waals surface area (Å²) in [5, 5.41) is 2.75. The molecule has 1 aliphatic rings. The first-order valence-electron chi connectivity index (χ1n) is 4.95.